The van der Waals surface area contributed by atoms with Gasteiger partial charge in [-0.3, -0.25) is 24.0 Å². The lowest BCUT2D eigenvalue weighted by Gasteiger charge is -2.28. The first-order valence-electron chi connectivity index (χ1n) is 11.1. The molecule has 14 heteroatoms. The van der Waals surface area contributed by atoms with E-state index in [0.717, 1.165) is 4.90 Å². The average molecular weight is 486 g/mol. The second-order valence-corrected chi connectivity index (χ2v) is 8.22. The molecule has 1 aliphatic rings. The standard InChI is InChI=1S/C20H35N7O7/c21-8-2-1-4-12(25-17(30)11(22)6-7-15(23)28)18(31)26-13(10-16(24)29)19(32)27-9-3-5-14(27)20(33)34/h11-14H,1-10,21-22H2,(H2,23,28)(H2,24,29)(H,25,30)(H,26,31)(H,33,34). The van der Waals surface area contributed by atoms with Crippen molar-refractivity contribution in [2.45, 2.75) is 75.5 Å². The fourth-order valence-electron chi connectivity index (χ4n) is 3.63. The van der Waals surface area contributed by atoms with E-state index in [0.29, 0.717) is 25.8 Å². The Balaban J connectivity index is 2.97. The Bertz CT molecular complexity index is 776. The molecule has 0 bridgehead atoms. The molecular formula is C20H35N7O7. The molecule has 192 valence electrons. The molecule has 34 heavy (non-hydrogen) atoms. The summed E-state index contributed by atoms with van der Waals surface area (Å²) in [7, 11) is 0. The summed E-state index contributed by atoms with van der Waals surface area (Å²) in [6.45, 7) is 0.515. The van der Waals surface area contributed by atoms with Crippen molar-refractivity contribution in [2.75, 3.05) is 13.1 Å². The number of carboxylic acids is 1. The SMILES string of the molecule is NCCCCC(NC(=O)C(N)CCC(N)=O)C(=O)NC(CC(N)=O)C(=O)N1CCCC1C(=O)O. The lowest BCUT2D eigenvalue weighted by molar-refractivity contribution is -0.149. The zero-order chi connectivity index (χ0) is 25.8. The monoisotopic (exact) mass is 485 g/mol. The van der Waals surface area contributed by atoms with Gasteiger partial charge in [0, 0.05) is 13.0 Å². The number of rotatable bonds is 15. The number of nitrogens with one attached hydrogen (secondary N) is 2. The lowest BCUT2D eigenvalue weighted by Crippen LogP contribution is -2.57. The Hall–Kier alpha value is -3.26. The number of aliphatic carboxylic acids is 1. The first-order valence-corrected chi connectivity index (χ1v) is 11.1. The highest BCUT2D eigenvalue weighted by atomic mass is 16.4. The predicted molar refractivity (Wildman–Crippen MR) is 119 cm³/mol. The lowest BCUT2D eigenvalue weighted by atomic mass is 10.0. The molecule has 1 rings (SSSR count). The van der Waals surface area contributed by atoms with Crippen LogP contribution in [0.4, 0.5) is 0 Å². The average Bonchev–Trinajstić information content (AvgIpc) is 3.25. The topological polar surface area (TPSA) is 254 Å². The van der Waals surface area contributed by atoms with Crippen LogP contribution in [0.15, 0.2) is 0 Å². The second-order valence-electron chi connectivity index (χ2n) is 8.22. The molecule has 0 aromatic carbocycles. The van der Waals surface area contributed by atoms with E-state index in [-0.39, 0.29) is 32.2 Å². The number of likely N-dealkylation sites (tertiary alicyclic amines) is 1. The van der Waals surface area contributed by atoms with Gasteiger partial charge in [0.15, 0.2) is 0 Å². The minimum atomic E-state index is -1.40. The van der Waals surface area contributed by atoms with Crippen LogP contribution in [0.1, 0.15) is 51.4 Å². The summed E-state index contributed by atoms with van der Waals surface area (Å²) in [5.74, 6) is -4.90. The van der Waals surface area contributed by atoms with E-state index < -0.39 is 66.1 Å². The summed E-state index contributed by atoms with van der Waals surface area (Å²) in [6.07, 6.45) is 1.21. The van der Waals surface area contributed by atoms with Gasteiger partial charge in [-0.25, -0.2) is 4.79 Å². The summed E-state index contributed by atoms with van der Waals surface area (Å²) in [5.41, 5.74) is 21.6. The Morgan fingerprint density at radius 3 is 2.15 bits per heavy atom. The number of carbonyl (C=O) groups excluding carboxylic acids is 5. The zero-order valence-electron chi connectivity index (χ0n) is 19.0. The van der Waals surface area contributed by atoms with Gasteiger partial charge >= 0.3 is 5.97 Å². The summed E-state index contributed by atoms with van der Waals surface area (Å²) in [6, 6.07) is -4.68. The van der Waals surface area contributed by atoms with E-state index in [2.05, 4.69) is 10.6 Å². The molecule has 0 radical (unpaired) electrons. The van der Waals surface area contributed by atoms with Crippen molar-refractivity contribution in [3.63, 3.8) is 0 Å². The normalized spacial score (nSPS) is 17.9. The van der Waals surface area contributed by atoms with Crippen LogP contribution in [0.25, 0.3) is 0 Å². The molecule has 5 amide bonds. The molecule has 14 nitrogen and oxygen atoms in total. The van der Waals surface area contributed by atoms with Gasteiger partial charge in [-0.1, -0.05) is 0 Å². The summed E-state index contributed by atoms with van der Waals surface area (Å²) in [5, 5.41) is 14.3. The van der Waals surface area contributed by atoms with Crippen LogP contribution in [-0.2, 0) is 28.8 Å². The number of primary amides is 2. The van der Waals surface area contributed by atoms with Gasteiger partial charge in [-0.15, -0.1) is 0 Å². The molecular weight excluding hydrogens is 450 g/mol. The van der Waals surface area contributed by atoms with Crippen LogP contribution < -0.4 is 33.6 Å². The van der Waals surface area contributed by atoms with Gasteiger partial charge in [0.05, 0.1) is 12.5 Å². The largest absolute Gasteiger partial charge is 0.480 e. The number of nitrogens with two attached hydrogens (primary N) is 4. The highest BCUT2D eigenvalue weighted by Crippen LogP contribution is 2.19. The number of carboxylic acid groups (broad SMARTS) is 1. The Labute approximate surface area is 197 Å². The molecule has 0 aromatic rings. The number of amides is 5. The van der Waals surface area contributed by atoms with Gasteiger partial charge in [-0.2, -0.15) is 0 Å². The van der Waals surface area contributed by atoms with Crippen molar-refractivity contribution < 1.29 is 33.9 Å². The molecule has 0 spiro atoms. The van der Waals surface area contributed by atoms with Gasteiger partial charge in [0.25, 0.3) is 0 Å². The minimum Gasteiger partial charge on any atom is -0.480 e. The first-order chi connectivity index (χ1) is 16.0. The maximum absolute atomic E-state index is 13.0. The van der Waals surface area contributed by atoms with Crippen molar-refractivity contribution in [1.29, 1.82) is 0 Å². The van der Waals surface area contributed by atoms with Crippen molar-refractivity contribution in [3.8, 4) is 0 Å². The van der Waals surface area contributed by atoms with E-state index in [1.807, 2.05) is 0 Å². The summed E-state index contributed by atoms with van der Waals surface area (Å²) in [4.78, 5) is 73.4. The van der Waals surface area contributed by atoms with Gasteiger partial charge < -0.3 is 43.6 Å². The maximum atomic E-state index is 13.0. The van der Waals surface area contributed by atoms with Crippen LogP contribution in [0.3, 0.4) is 0 Å². The Kier molecular flexibility index (Phi) is 11.9. The van der Waals surface area contributed by atoms with E-state index in [1.165, 1.54) is 0 Å². The summed E-state index contributed by atoms with van der Waals surface area (Å²) < 4.78 is 0. The van der Waals surface area contributed by atoms with Gasteiger partial charge in [0.1, 0.15) is 18.1 Å². The van der Waals surface area contributed by atoms with Crippen molar-refractivity contribution in [2.24, 2.45) is 22.9 Å². The molecule has 1 heterocycles. The number of unbranched alkanes of at least 4 members (excludes halogenated alkanes) is 1. The molecule has 4 atom stereocenters. The third-order valence-electron chi connectivity index (χ3n) is 5.46. The predicted octanol–water partition coefficient (Wildman–Crippen LogP) is -3.37. The van der Waals surface area contributed by atoms with E-state index in [1.54, 1.807) is 0 Å². The summed E-state index contributed by atoms with van der Waals surface area (Å²) >= 11 is 0. The van der Waals surface area contributed by atoms with Gasteiger partial charge in [0.2, 0.25) is 29.5 Å². The molecule has 4 unspecified atom stereocenters. The molecule has 1 saturated heterocycles. The van der Waals surface area contributed by atoms with Crippen LogP contribution in [0.2, 0.25) is 0 Å². The maximum Gasteiger partial charge on any atom is 0.326 e. The van der Waals surface area contributed by atoms with Crippen LogP contribution in [-0.4, -0.2) is 82.8 Å². The first kappa shape index (κ1) is 28.8. The fourth-order valence-corrected chi connectivity index (χ4v) is 3.63. The highest BCUT2D eigenvalue weighted by Gasteiger charge is 2.38. The number of carbonyl (C=O) groups is 6. The minimum absolute atomic E-state index is 0.0212. The molecule has 0 saturated carbocycles. The van der Waals surface area contributed by atoms with E-state index >= 15 is 0 Å². The highest BCUT2D eigenvalue weighted by molar-refractivity contribution is 5.96. The Morgan fingerprint density at radius 2 is 1.59 bits per heavy atom. The molecule has 1 aliphatic heterocycles. The molecule has 1 fully saturated rings. The third kappa shape index (κ3) is 9.31. The molecule has 11 N–H and O–H groups in total. The van der Waals surface area contributed by atoms with Crippen LogP contribution >= 0.6 is 0 Å². The van der Waals surface area contributed by atoms with Crippen LogP contribution in [0.5, 0.6) is 0 Å². The van der Waals surface area contributed by atoms with Crippen LogP contribution in [0, 0.1) is 0 Å². The van der Waals surface area contributed by atoms with Gasteiger partial charge in [-0.05, 0) is 45.1 Å². The second kappa shape index (κ2) is 14.1. The smallest absolute Gasteiger partial charge is 0.326 e. The Morgan fingerprint density at radius 1 is 0.941 bits per heavy atom. The fraction of sp³-hybridized carbons (Fsp3) is 0.700. The van der Waals surface area contributed by atoms with Crippen molar-refractivity contribution in [3.05, 3.63) is 0 Å². The number of nitrogens with zero attached hydrogens (tertiary/aromatic N) is 1. The van der Waals surface area contributed by atoms with E-state index in [4.69, 9.17) is 22.9 Å². The number of hydrogen-bond donors (Lipinski definition) is 7. The quantitative estimate of drug-likeness (QED) is 0.114. The molecule has 0 aliphatic carbocycles. The molecule has 0 aromatic heterocycles. The number of hydrogen-bond acceptors (Lipinski definition) is 8. The van der Waals surface area contributed by atoms with E-state index in [9.17, 15) is 33.9 Å². The van der Waals surface area contributed by atoms with Crippen molar-refractivity contribution in [1.82, 2.24) is 15.5 Å². The third-order valence-corrected chi connectivity index (χ3v) is 5.46. The zero-order valence-corrected chi connectivity index (χ0v) is 19.0. The van der Waals surface area contributed by atoms with Crippen molar-refractivity contribution >= 4 is 35.5 Å².